The van der Waals surface area contributed by atoms with Crippen LogP contribution < -0.4 is 20.9 Å². The Kier molecular flexibility index (Phi) is 7.97. The number of carbonyl (C=O) groups is 3. The number of nitriles is 1. The lowest BCUT2D eigenvalue weighted by atomic mass is 10.0. The Morgan fingerprint density at radius 1 is 1.18 bits per heavy atom. The van der Waals surface area contributed by atoms with Gasteiger partial charge in [-0.3, -0.25) is 24.4 Å². The monoisotopic (exact) mass is 605 g/mol. The molecule has 0 radical (unpaired) electrons. The Morgan fingerprint density at radius 3 is 2.66 bits per heavy atom. The third-order valence-electron chi connectivity index (χ3n) is 7.19. The van der Waals surface area contributed by atoms with Crippen molar-refractivity contribution in [3.63, 3.8) is 0 Å². The SMILES string of the molecule is CC(C)(C(=O)Nc1cnc(C#N)c(C(F)(F)F)c1)n1cc(C#CC2CN(c3cccc(NC4CCC(=O)NC4=O)n3)C2)cn1. The van der Waals surface area contributed by atoms with Gasteiger partial charge in [-0.15, -0.1) is 0 Å². The molecule has 0 aromatic carbocycles. The highest BCUT2D eigenvalue weighted by molar-refractivity contribution is 6.01. The number of hydrogen-bond acceptors (Lipinski definition) is 9. The standard InChI is InChI=1S/C29H26F3N9O3/c1-28(2,27(44)36-19-10-20(29(30,31)32)22(11-33)34-13-19)41-16-17(12-35-41)6-7-18-14-40(15-18)24-5-3-4-23(38-24)37-21-8-9-25(42)39-26(21)43/h3-5,10,12-13,16,18,21H,8-9,14-15H2,1-2H3,(H,36,44)(H,37,38)(H,39,42,43). The van der Waals surface area contributed by atoms with Gasteiger partial charge < -0.3 is 15.5 Å². The lowest BCUT2D eigenvalue weighted by Gasteiger charge is -2.37. The zero-order valence-corrected chi connectivity index (χ0v) is 23.6. The lowest BCUT2D eigenvalue weighted by molar-refractivity contribution is -0.138. The molecular formula is C29H26F3N9O3. The molecule has 0 bridgehead atoms. The van der Waals surface area contributed by atoms with Gasteiger partial charge in [0.15, 0.2) is 5.69 Å². The molecule has 12 nitrogen and oxygen atoms in total. The number of amides is 3. The molecule has 3 aromatic rings. The highest BCUT2D eigenvalue weighted by Gasteiger charge is 2.36. The van der Waals surface area contributed by atoms with Crippen LogP contribution in [0.5, 0.6) is 0 Å². The van der Waals surface area contributed by atoms with Crippen molar-refractivity contribution < 1.29 is 27.6 Å². The van der Waals surface area contributed by atoms with Crippen molar-refractivity contribution in [3.05, 3.63) is 59.7 Å². The molecule has 226 valence electrons. The minimum Gasteiger partial charge on any atom is -0.358 e. The van der Waals surface area contributed by atoms with Crippen LogP contribution in [-0.2, 0) is 26.1 Å². The molecular weight excluding hydrogens is 579 g/mol. The second kappa shape index (κ2) is 11.7. The fraction of sp³-hybridized carbons (Fsp3) is 0.345. The molecule has 1 unspecified atom stereocenters. The third-order valence-corrected chi connectivity index (χ3v) is 7.19. The molecule has 5 rings (SSSR count). The molecule has 2 aliphatic rings. The minimum atomic E-state index is -4.81. The van der Waals surface area contributed by atoms with Crippen molar-refractivity contribution in [1.82, 2.24) is 25.1 Å². The summed E-state index contributed by atoms with van der Waals surface area (Å²) < 4.78 is 41.2. The van der Waals surface area contributed by atoms with Crippen LogP contribution in [0.3, 0.4) is 0 Å². The third kappa shape index (κ3) is 6.47. The average Bonchev–Trinajstić information content (AvgIpc) is 3.43. The molecule has 0 spiro atoms. The summed E-state index contributed by atoms with van der Waals surface area (Å²) in [6.07, 6.45) is -0.0847. The first-order chi connectivity index (χ1) is 20.8. The van der Waals surface area contributed by atoms with Crippen LogP contribution in [0.2, 0.25) is 0 Å². The van der Waals surface area contributed by atoms with Gasteiger partial charge in [0, 0.05) is 25.7 Å². The maximum absolute atomic E-state index is 13.3. The summed E-state index contributed by atoms with van der Waals surface area (Å²) in [7, 11) is 0. The van der Waals surface area contributed by atoms with E-state index in [0.29, 0.717) is 37.0 Å². The summed E-state index contributed by atoms with van der Waals surface area (Å²) in [6.45, 7) is 4.35. The maximum Gasteiger partial charge on any atom is 0.419 e. The molecule has 2 aliphatic heterocycles. The Bertz CT molecular complexity index is 1730. The number of aromatic nitrogens is 4. The summed E-state index contributed by atoms with van der Waals surface area (Å²) in [5.74, 6) is 6.23. The maximum atomic E-state index is 13.3. The fourth-order valence-corrected chi connectivity index (χ4v) is 4.55. The van der Waals surface area contributed by atoms with Crippen LogP contribution in [0.15, 0.2) is 42.9 Å². The second-order valence-corrected chi connectivity index (χ2v) is 10.8. The Balaban J connectivity index is 1.17. The second-order valence-electron chi connectivity index (χ2n) is 10.8. The van der Waals surface area contributed by atoms with E-state index in [9.17, 15) is 27.6 Å². The van der Waals surface area contributed by atoms with Crippen molar-refractivity contribution in [2.45, 2.75) is 44.4 Å². The minimum absolute atomic E-state index is 0.0509. The van der Waals surface area contributed by atoms with Crippen LogP contribution in [-0.4, -0.2) is 56.6 Å². The fourth-order valence-electron chi connectivity index (χ4n) is 4.55. The summed E-state index contributed by atoms with van der Waals surface area (Å²) in [6, 6.07) is 6.98. The molecule has 1 atom stereocenters. The van der Waals surface area contributed by atoms with Gasteiger partial charge in [0.05, 0.1) is 35.1 Å². The van der Waals surface area contributed by atoms with Gasteiger partial charge in [-0.05, 0) is 38.5 Å². The van der Waals surface area contributed by atoms with E-state index >= 15 is 0 Å². The Hall–Kier alpha value is -5.44. The first kappa shape index (κ1) is 30.0. The number of alkyl halides is 3. The van der Waals surface area contributed by atoms with Crippen LogP contribution in [0.1, 0.15) is 43.5 Å². The molecule has 0 aliphatic carbocycles. The Labute approximate surface area is 249 Å². The van der Waals surface area contributed by atoms with E-state index in [1.807, 2.05) is 17.0 Å². The lowest BCUT2D eigenvalue weighted by Crippen LogP contribution is -2.48. The zero-order valence-electron chi connectivity index (χ0n) is 23.6. The van der Waals surface area contributed by atoms with Crippen LogP contribution in [0, 0.1) is 29.1 Å². The summed E-state index contributed by atoms with van der Waals surface area (Å²) in [4.78, 5) is 46.5. The number of imide groups is 1. The molecule has 3 aromatic heterocycles. The highest BCUT2D eigenvalue weighted by Crippen LogP contribution is 2.33. The highest BCUT2D eigenvalue weighted by atomic mass is 19.4. The van der Waals surface area contributed by atoms with Gasteiger partial charge in [-0.1, -0.05) is 17.9 Å². The first-order valence-corrected chi connectivity index (χ1v) is 13.5. The van der Waals surface area contributed by atoms with E-state index in [0.717, 1.165) is 12.0 Å². The number of halogens is 3. The van der Waals surface area contributed by atoms with E-state index in [4.69, 9.17) is 5.26 Å². The number of rotatable bonds is 6. The largest absolute Gasteiger partial charge is 0.419 e. The van der Waals surface area contributed by atoms with Crippen LogP contribution in [0.4, 0.5) is 30.5 Å². The van der Waals surface area contributed by atoms with Gasteiger partial charge in [0.1, 0.15) is 29.3 Å². The van der Waals surface area contributed by atoms with E-state index in [1.165, 1.54) is 16.9 Å². The number of nitrogens with one attached hydrogen (secondary N) is 3. The van der Waals surface area contributed by atoms with Crippen molar-refractivity contribution in [2.75, 3.05) is 28.6 Å². The van der Waals surface area contributed by atoms with Crippen molar-refractivity contribution >= 4 is 35.0 Å². The predicted octanol–water partition coefficient (Wildman–Crippen LogP) is 2.64. The molecule has 3 N–H and O–H groups in total. The van der Waals surface area contributed by atoms with Crippen molar-refractivity contribution in [1.29, 1.82) is 5.26 Å². The number of hydrogen-bond donors (Lipinski definition) is 3. The molecule has 0 saturated carbocycles. The Morgan fingerprint density at radius 2 is 1.95 bits per heavy atom. The molecule has 2 fully saturated rings. The summed E-state index contributed by atoms with van der Waals surface area (Å²) in [5.41, 5.74) is -2.97. The van der Waals surface area contributed by atoms with Gasteiger partial charge in [-0.25, -0.2) is 9.97 Å². The smallest absolute Gasteiger partial charge is 0.358 e. The quantitative estimate of drug-likeness (QED) is 0.284. The van der Waals surface area contributed by atoms with Crippen LogP contribution >= 0.6 is 0 Å². The molecule has 44 heavy (non-hydrogen) atoms. The van der Waals surface area contributed by atoms with E-state index < -0.39 is 34.9 Å². The zero-order chi connectivity index (χ0) is 31.6. The van der Waals surface area contributed by atoms with Gasteiger partial charge >= 0.3 is 6.18 Å². The van der Waals surface area contributed by atoms with E-state index in [-0.39, 0.29) is 29.8 Å². The number of anilines is 3. The molecule has 15 heteroatoms. The predicted molar refractivity (Wildman–Crippen MR) is 151 cm³/mol. The van der Waals surface area contributed by atoms with Gasteiger partial charge in [0.2, 0.25) is 11.8 Å². The van der Waals surface area contributed by atoms with Gasteiger partial charge in [0.25, 0.3) is 5.91 Å². The summed E-state index contributed by atoms with van der Waals surface area (Å²) in [5, 5.41) is 21.0. The topological polar surface area (TPSA) is 158 Å². The van der Waals surface area contributed by atoms with E-state index in [1.54, 1.807) is 26.1 Å². The number of nitrogens with zero attached hydrogens (tertiary/aromatic N) is 6. The summed E-state index contributed by atoms with van der Waals surface area (Å²) >= 11 is 0. The molecule has 5 heterocycles. The van der Waals surface area contributed by atoms with Crippen molar-refractivity contribution in [3.8, 4) is 17.9 Å². The van der Waals surface area contributed by atoms with Crippen LogP contribution in [0.25, 0.3) is 0 Å². The van der Waals surface area contributed by atoms with Gasteiger partial charge in [-0.2, -0.15) is 23.5 Å². The number of carbonyl (C=O) groups excluding carboxylic acids is 3. The molecule has 3 amide bonds. The first-order valence-electron chi connectivity index (χ1n) is 13.5. The normalized spacial score (nSPS) is 17.1. The number of piperidine rings is 1. The van der Waals surface area contributed by atoms with Crippen molar-refractivity contribution in [2.24, 2.45) is 5.92 Å². The average molecular weight is 606 g/mol. The number of pyridine rings is 2. The molecule has 2 saturated heterocycles. The van der Waals surface area contributed by atoms with E-state index in [2.05, 4.69) is 42.9 Å².